The summed E-state index contributed by atoms with van der Waals surface area (Å²) in [5, 5.41) is 3.77. The molecule has 3 saturated heterocycles. The highest BCUT2D eigenvalue weighted by atomic mass is 16.3. The molecule has 0 radical (unpaired) electrons. The van der Waals surface area contributed by atoms with Crippen LogP contribution in [0.4, 0.5) is 0 Å². The highest BCUT2D eigenvalue weighted by Gasteiger charge is 2.36. The number of piperidine rings is 2. The van der Waals surface area contributed by atoms with Gasteiger partial charge >= 0.3 is 0 Å². The third kappa shape index (κ3) is 5.50. The van der Waals surface area contributed by atoms with Crippen molar-refractivity contribution in [2.24, 2.45) is 11.8 Å². The van der Waals surface area contributed by atoms with E-state index in [0.29, 0.717) is 56.2 Å². The van der Waals surface area contributed by atoms with Crippen LogP contribution in [0, 0.1) is 11.8 Å². The largest absolute Gasteiger partial charge is 0.459 e. The molecule has 0 aliphatic carbocycles. The van der Waals surface area contributed by atoms with E-state index in [1.54, 1.807) is 17.0 Å². The van der Waals surface area contributed by atoms with Crippen molar-refractivity contribution in [3.63, 3.8) is 0 Å². The molecule has 3 atom stereocenters. The van der Waals surface area contributed by atoms with Gasteiger partial charge in [-0.25, -0.2) is 0 Å². The third-order valence-electron chi connectivity index (χ3n) is 7.57. The molecule has 3 aliphatic rings. The monoisotopic (exact) mass is 465 g/mol. The van der Waals surface area contributed by atoms with Crippen molar-refractivity contribution in [2.75, 3.05) is 45.8 Å². The van der Waals surface area contributed by atoms with Gasteiger partial charge in [0, 0.05) is 70.7 Å². The number of hydrogen-bond acceptors (Lipinski definition) is 6. The fraction of sp³-hybridized carbons (Fsp3) is 0.577. The summed E-state index contributed by atoms with van der Waals surface area (Å²) < 4.78 is 5.21. The molecule has 0 spiro atoms. The van der Waals surface area contributed by atoms with Crippen LogP contribution in [0.5, 0.6) is 0 Å². The minimum Gasteiger partial charge on any atom is -0.459 e. The van der Waals surface area contributed by atoms with E-state index in [2.05, 4.69) is 21.3 Å². The topological polar surface area (TPSA) is 81.9 Å². The highest BCUT2D eigenvalue weighted by molar-refractivity contribution is 5.91. The van der Waals surface area contributed by atoms with Crippen LogP contribution in [-0.2, 0) is 11.3 Å². The van der Waals surface area contributed by atoms with Crippen molar-refractivity contribution >= 4 is 11.8 Å². The zero-order chi connectivity index (χ0) is 23.3. The molecule has 2 aromatic rings. The van der Waals surface area contributed by atoms with Crippen LogP contribution in [0.3, 0.4) is 0 Å². The van der Waals surface area contributed by atoms with E-state index < -0.39 is 0 Å². The van der Waals surface area contributed by atoms with Gasteiger partial charge in [-0.2, -0.15) is 0 Å². The molecule has 8 nitrogen and oxygen atoms in total. The maximum Gasteiger partial charge on any atom is 0.289 e. The number of carbonyl (C=O) groups is 2. The lowest BCUT2D eigenvalue weighted by Gasteiger charge is -2.46. The summed E-state index contributed by atoms with van der Waals surface area (Å²) in [7, 11) is 0. The van der Waals surface area contributed by atoms with Gasteiger partial charge in [0.15, 0.2) is 5.76 Å². The number of pyridine rings is 1. The van der Waals surface area contributed by atoms with Crippen molar-refractivity contribution in [1.29, 1.82) is 0 Å². The number of nitrogens with one attached hydrogen (secondary N) is 1. The van der Waals surface area contributed by atoms with E-state index in [1.807, 2.05) is 23.4 Å². The number of rotatable bonds is 7. The molecule has 5 heterocycles. The Morgan fingerprint density at radius 1 is 1.09 bits per heavy atom. The van der Waals surface area contributed by atoms with Crippen molar-refractivity contribution in [1.82, 2.24) is 25.0 Å². The first-order valence-electron chi connectivity index (χ1n) is 12.6. The molecular formula is C26H35N5O3. The number of nitrogens with zero attached hydrogens (tertiary/aromatic N) is 4. The van der Waals surface area contributed by atoms with Gasteiger partial charge in [0.25, 0.3) is 5.91 Å². The summed E-state index contributed by atoms with van der Waals surface area (Å²) in [6.45, 7) is 6.63. The Morgan fingerprint density at radius 2 is 1.94 bits per heavy atom. The Labute approximate surface area is 201 Å². The maximum absolute atomic E-state index is 12.8. The Kier molecular flexibility index (Phi) is 7.25. The second kappa shape index (κ2) is 10.7. The van der Waals surface area contributed by atoms with Gasteiger partial charge in [0.05, 0.1) is 6.26 Å². The predicted molar refractivity (Wildman–Crippen MR) is 128 cm³/mol. The Hall–Kier alpha value is -2.71. The Morgan fingerprint density at radius 3 is 2.71 bits per heavy atom. The standard InChI is InChI=1S/C26H35N5O3/c32-25(30-9-11-31(12-10-30)26(33)24-6-3-13-34-24)7-1-5-23-22-14-21(16-28-23)18-29(19-22)17-20-4-2-8-27-15-20/h2-4,6,8,13,15,21-23,28H,1,5,7,9-12,14,16-19H2/t21?,22?,23-/m1/s1. The molecule has 2 unspecified atom stereocenters. The van der Waals surface area contributed by atoms with Crippen molar-refractivity contribution in [3.05, 3.63) is 54.2 Å². The van der Waals surface area contributed by atoms with Crippen LogP contribution in [0.25, 0.3) is 0 Å². The molecule has 2 aromatic heterocycles. The number of carbonyl (C=O) groups excluding carboxylic acids is 2. The number of piperazine rings is 1. The van der Waals surface area contributed by atoms with Gasteiger partial charge in [-0.1, -0.05) is 6.07 Å². The molecule has 1 N–H and O–H groups in total. The van der Waals surface area contributed by atoms with Gasteiger partial charge in [-0.3, -0.25) is 19.5 Å². The maximum atomic E-state index is 12.8. The second-order valence-electron chi connectivity index (χ2n) is 9.97. The molecule has 3 aliphatic heterocycles. The van der Waals surface area contributed by atoms with Gasteiger partial charge in [-0.15, -0.1) is 0 Å². The van der Waals surface area contributed by atoms with E-state index in [0.717, 1.165) is 39.0 Å². The van der Waals surface area contributed by atoms with Gasteiger partial charge in [-0.05, 0) is 61.4 Å². The van der Waals surface area contributed by atoms with Crippen LogP contribution in [0.2, 0.25) is 0 Å². The highest BCUT2D eigenvalue weighted by Crippen LogP contribution is 2.31. The van der Waals surface area contributed by atoms with Crippen molar-refractivity contribution < 1.29 is 14.0 Å². The first-order valence-corrected chi connectivity index (χ1v) is 12.6. The molecule has 2 amide bonds. The van der Waals surface area contributed by atoms with Crippen molar-refractivity contribution in [3.8, 4) is 0 Å². The summed E-state index contributed by atoms with van der Waals surface area (Å²) in [6, 6.07) is 8.07. The number of aromatic nitrogens is 1. The van der Waals surface area contributed by atoms with E-state index >= 15 is 0 Å². The van der Waals surface area contributed by atoms with E-state index in [1.165, 1.54) is 18.2 Å². The molecule has 182 valence electrons. The Balaban J connectivity index is 1.04. The first kappa shape index (κ1) is 23.1. The summed E-state index contributed by atoms with van der Waals surface area (Å²) >= 11 is 0. The number of fused-ring (bicyclic) bond motifs is 2. The average Bonchev–Trinajstić information content (AvgIpc) is 3.41. The van der Waals surface area contributed by atoms with Crippen LogP contribution in [-0.4, -0.2) is 83.4 Å². The van der Waals surface area contributed by atoms with Crippen molar-refractivity contribution in [2.45, 2.75) is 38.3 Å². The van der Waals surface area contributed by atoms with Crippen LogP contribution in [0.1, 0.15) is 41.8 Å². The average molecular weight is 466 g/mol. The fourth-order valence-electron chi connectivity index (χ4n) is 5.84. The molecule has 3 fully saturated rings. The number of amides is 2. The van der Waals surface area contributed by atoms with Crippen LogP contribution in [0.15, 0.2) is 47.3 Å². The summed E-state index contributed by atoms with van der Waals surface area (Å²) in [4.78, 5) is 35.7. The second-order valence-corrected chi connectivity index (χ2v) is 9.97. The van der Waals surface area contributed by atoms with E-state index in [9.17, 15) is 9.59 Å². The molecule has 0 saturated carbocycles. The van der Waals surface area contributed by atoms with Crippen LogP contribution < -0.4 is 5.32 Å². The fourth-order valence-corrected chi connectivity index (χ4v) is 5.84. The minimum absolute atomic E-state index is 0.0937. The van der Waals surface area contributed by atoms with E-state index in [-0.39, 0.29) is 11.8 Å². The molecule has 2 bridgehead atoms. The molecule has 8 heteroatoms. The number of hydrogen-bond donors (Lipinski definition) is 1. The Bertz CT molecular complexity index is 943. The zero-order valence-corrected chi connectivity index (χ0v) is 19.8. The summed E-state index contributed by atoms with van der Waals surface area (Å²) in [6.07, 6.45) is 9.14. The molecule has 34 heavy (non-hydrogen) atoms. The lowest BCUT2D eigenvalue weighted by molar-refractivity contribution is -0.132. The zero-order valence-electron chi connectivity index (χ0n) is 19.8. The quantitative estimate of drug-likeness (QED) is 0.676. The number of likely N-dealkylation sites (tertiary alicyclic amines) is 1. The molecular weight excluding hydrogens is 430 g/mol. The number of furan rings is 1. The van der Waals surface area contributed by atoms with Gasteiger partial charge < -0.3 is 19.5 Å². The smallest absolute Gasteiger partial charge is 0.289 e. The first-order chi connectivity index (χ1) is 16.7. The SMILES string of the molecule is O=C(CCC[C@H]1NCC2CC1CN(Cc1cccnc1)C2)N1CCN(C(=O)c2ccco2)CC1. The third-order valence-corrected chi connectivity index (χ3v) is 7.57. The molecule has 0 aromatic carbocycles. The molecule has 5 rings (SSSR count). The lowest BCUT2D eigenvalue weighted by Crippen LogP contribution is -2.55. The lowest BCUT2D eigenvalue weighted by atomic mass is 9.79. The van der Waals surface area contributed by atoms with E-state index in [4.69, 9.17) is 4.42 Å². The van der Waals surface area contributed by atoms with Gasteiger partial charge in [0.1, 0.15) is 0 Å². The minimum atomic E-state index is -0.0937. The summed E-state index contributed by atoms with van der Waals surface area (Å²) in [5.74, 6) is 1.84. The predicted octanol–water partition coefficient (Wildman–Crippen LogP) is 2.24. The van der Waals surface area contributed by atoms with Crippen LogP contribution >= 0.6 is 0 Å². The van der Waals surface area contributed by atoms with Gasteiger partial charge in [0.2, 0.25) is 5.91 Å². The normalized spacial score (nSPS) is 25.4. The summed E-state index contributed by atoms with van der Waals surface area (Å²) in [5.41, 5.74) is 1.28.